The Morgan fingerprint density at radius 3 is 2.63 bits per heavy atom. The summed E-state index contributed by atoms with van der Waals surface area (Å²) in [5.41, 5.74) is -0.124. The summed E-state index contributed by atoms with van der Waals surface area (Å²) in [5.74, 6) is -0.121. The molecule has 2 rings (SSSR count). The molecule has 6 heteroatoms. The third kappa shape index (κ3) is 3.53. The Labute approximate surface area is 113 Å². The first-order valence-electron chi connectivity index (χ1n) is 6.70. The minimum absolute atomic E-state index is 0.121. The van der Waals surface area contributed by atoms with E-state index in [0.717, 1.165) is 31.6 Å². The summed E-state index contributed by atoms with van der Waals surface area (Å²) in [6.45, 7) is 7.36. The van der Waals surface area contributed by atoms with Gasteiger partial charge < -0.3 is 10.1 Å². The minimum atomic E-state index is -0.477. The molecule has 0 spiro atoms. The lowest BCUT2D eigenvalue weighted by Crippen LogP contribution is -2.46. The number of carbonyl (C=O) groups excluding carboxylic acids is 1. The summed E-state index contributed by atoms with van der Waals surface area (Å²) >= 11 is 0. The average molecular weight is 266 g/mol. The maximum absolute atomic E-state index is 12.6. The topological polar surface area (TPSA) is 79.9 Å². The summed E-state index contributed by atoms with van der Waals surface area (Å²) in [6, 6.07) is 0. The lowest BCUT2D eigenvalue weighted by molar-refractivity contribution is -0.169. The summed E-state index contributed by atoms with van der Waals surface area (Å²) in [4.78, 5) is 12.6. The van der Waals surface area contributed by atoms with Crippen molar-refractivity contribution in [3.05, 3.63) is 11.9 Å². The summed E-state index contributed by atoms with van der Waals surface area (Å²) in [5, 5.41) is 13.8. The molecule has 6 nitrogen and oxygen atoms in total. The zero-order valence-corrected chi connectivity index (χ0v) is 11.8. The quantitative estimate of drug-likeness (QED) is 0.800. The number of carbonyl (C=O) groups is 1. The van der Waals surface area contributed by atoms with E-state index in [1.165, 1.54) is 0 Å². The third-order valence-corrected chi connectivity index (χ3v) is 3.38. The average Bonchev–Trinajstić information content (AvgIpc) is 2.80. The molecule has 106 valence electrons. The third-order valence-electron chi connectivity index (χ3n) is 3.38. The fourth-order valence-electron chi connectivity index (χ4n) is 2.40. The molecule has 19 heavy (non-hydrogen) atoms. The molecule has 0 aromatic carbocycles. The molecule has 1 fully saturated rings. The van der Waals surface area contributed by atoms with E-state index in [4.69, 9.17) is 4.74 Å². The van der Waals surface area contributed by atoms with Crippen molar-refractivity contribution in [1.29, 1.82) is 0 Å². The van der Waals surface area contributed by atoms with Crippen molar-refractivity contribution in [2.75, 3.05) is 13.1 Å². The van der Waals surface area contributed by atoms with E-state index in [-0.39, 0.29) is 5.97 Å². The van der Waals surface area contributed by atoms with Gasteiger partial charge in [-0.25, -0.2) is 0 Å². The zero-order chi connectivity index (χ0) is 13.9. The zero-order valence-electron chi connectivity index (χ0n) is 11.8. The maximum Gasteiger partial charge on any atom is 0.313 e. The molecule has 0 radical (unpaired) electrons. The van der Waals surface area contributed by atoms with Crippen LogP contribution in [0.15, 0.2) is 6.20 Å². The van der Waals surface area contributed by atoms with Gasteiger partial charge in [-0.1, -0.05) is 0 Å². The number of aromatic nitrogens is 3. The number of hydrogen-bond acceptors (Lipinski definition) is 5. The number of piperidine rings is 1. The summed E-state index contributed by atoms with van der Waals surface area (Å²) in [7, 11) is 0. The second-order valence-electron chi connectivity index (χ2n) is 6.17. The van der Waals surface area contributed by atoms with Gasteiger partial charge in [0.1, 0.15) is 5.60 Å². The highest BCUT2D eigenvalue weighted by Crippen LogP contribution is 2.35. The predicted molar refractivity (Wildman–Crippen MR) is 70.5 cm³/mol. The molecule has 0 amide bonds. The minimum Gasteiger partial charge on any atom is -0.460 e. The van der Waals surface area contributed by atoms with Crippen LogP contribution in [0, 0.1) is 5.41 Å². The van der Waals surface area contributed by atoms with Crippen molar-refractivity contribution < 1.29 is 9.53 Å². The Morgan fingerprint density at radius 2 is 2.11 bits per heavy atom. The highest BCUT2D eigenvalue weighted by molar-refractivity contribution is 5.77. The van der Waals surface area contributed by atoms with Crippen molar-refractivity contribution in [1.82, 2.24) is 20.7 Å². The SMILES string of the molecule is CC(C)(C)OC(=O)C1(Cc2cn[nH]n2)CCNCC1. The fraction of sp³-hybridized carbons (Fsp3) is 0.769. The van der Waals surface area contributed by atoms with Gasteiger partial charge in [0.25, 0.3) is 0 Å². The highest BCUT2D eigenvalue weighted by atomic mass is 16.6. The fourth-order valence-corrected chi connectivity index (χ4v) is 2.40. The van der Waals surface area contributed by atoms with Crippen LogP contribution in [0.25, 0.3) is 0 Å². The molecule has 1 aliphatic heterocycles. The van der Waals surface area contributed by atoms with Crippen molar-refractivity contribution in [2.24, 2.45) is 5.41 Å². The van der Waals surface area contributed by atoms with Gasteiger partial charge in [0.2, 0.25) is 0 Å². The van der Waals surface area contributed by atoms with E-state index in [2.05, 4.69) is 20.7 Å². The molecule has 2 N–H and O–H groups in total. The van der Waals surface area contributed by atoms with Crippen LogP contribution in [0.5, 0.6) is 0 Å². The Kier molecular flexibility index (Phi) is 3.89. The maximum atomic E-state index is 12.6. The predicted octanol–water partition coefficient (Wildman–Crippen LogP) is 1.06. The molecule has 1 saturated heterocycles. The van der Waals surface area contributed by atoms with Crippen molar-refractivity contribution in [3.8, 4) is 0 Å². The van der Waals surface area contributed by atoms with Gasteiger partial charge in [0.05, 0.1) is 17.3 Å². The van der Waals surface area contributed by atoms with Crippen LogP contribution in [0.3, 0.4) is 0 Å². The van der Waals surface area contributed by atoms with Crippen LogP contribution >= 0.6 is 0 Å². The smallest absolute Gasteiger partial charge is 0.313 e. The van der Waals surface area contributed by atoms with Crippen LogP contribution in [-0.2, 0) is 16.0 Å². The molecule has 0 unspecified atom stereocenters. The number of aromatic amines is 1. The number of H-pyrrole nitrogens is 1. The van der Waals surface area contributed by atoms with Gasteiger partial charge in [0.15, 0.2) is 0 Å². The molecule has 1 aliphatic rings. The first kappa shape index (κ1) is 14.0. The van der Waals surface area contributed by atoms with Gasteiger partial charge in [-0.15, -0.1) is 0 Å². The van der Waals surface area contributed by atoms with Gasteiger partial charge >= 0.3 is 5.97 Å². The molecule has 1 aromatic heterocycles. The van der Waals surface area contributed by atoms with E-state index in [1.807, 2.05) is 20.8 Å². The second-order valence-corrected chi connectivity index (χ2v) is 6.17. The Morgan fingerprint density at radius 1 is 1.42 bits per heavy atom. The van der Waals surface area contributed by atoms with Crippen LogP contribution in [0.2, 0.25) is 0 Å². The molecular formula is C13H22N4O2. The summed E-state index contributed by atoms with van der Waals surface area (Å²) in [6.07, 6.45) is 3.80. The molecule has 0 atom stereocenters. The monoisotopic (exact) mass is 266 g/mol. The highest BCUT2D eigenvalue weighted by Gasteiger charge is 2.43. The number of rotatable bonds is 3. The number of ether oxygens (including phenoxy) is 1. The molecular weight excluding hydrogens is 244 g/mol. The normalized spacial score (nSPS) is 19.1. The van der Waals surface area contributed by atoms with Crippen molar-refractivity contribution >= 4 is 5.97 Å². The molecule has 2 heterocycles. The lowest BCUT2D eigenvalue weighted by atomic mass is 9.75. The molecule has 0 saturated carbocycles. The lowest BCUT2D eigenvalue weighted by Gasteiger charge is -2.37. The Bertz CT molecular complexity index is 416. The van der Waals surface area contributed by atoms with Crippen LogP contribution < -0.4 is 5.32 Å². The number of hydrogen-bond donors (Lipinski definition) is 2. The summed E-state index contributed by atoms with van der Waals surface area (Å²) < 4.78 is 5.60. The van der Waals surface area contributed by atoms with Crippen LogP contribution in [-0.4, -0.2) is 40.1 Å². The molecule has 1 aromatic rings. The molecule has 0 bridgehead atoms. The number of nitrogens with one attached hydrogen (secondary N) is 2. The van der Waals surface area contributed by atoms with E-state index < -0.39 is 11.0 Å². The first-order chi connectivity index (χ1) is 8.91. The van der Waals surface area contributed by atoms with Gasteiger partial charge in [-0.05, 0) is 46.7 Å². The standard InChI is InChI=1S/C13H22N4O2/c1-12(2,3)19-11(18)13(4-6-14-7-5-13)8-10-9-15-17-16-10/h9,14H,4-8H2,1-3H3,(H,15,16,17). The number of nitrogens with zero attached hydrogens (tertiary/aromatic N) is 2. The van der Waals surface area contributed by atoms with Gasteiger partial charge in [-0.3, -0.25) is 4.79 Å². The largest absolute Gasteiger partial charge is 0.460 e. The number of esters is 1. The van der Waals surface area contributed by atoms with Crippen LogP contribution in [0.4, 0.5) is 0 Å². The Balaban J connectivity index is 2.16. The van der Waals surface area contributed by atoms with E-state index in [1.54, 1.807) is 6.20 Å². The van der Waals surface area contributed by atoms with E-state index in [9.17, 15) is 4.79 Å². The first-order valence-corrected chi connectivity index (χ1v) is 6.70. The van der Waals surface area contributed by atoms with Crippen LogP contribution in [0.1, 0.15) is 39.3 Å². The van der Waals surface area contributed by atoms with Gasteiger partial charge in [0, 0.05) is 6.42 Å². The Hall–Kier alpha value is -1.43. The van der Waals surface area contributed by atoms with Gasteiger partial charge in [-0.2, -0.15) is 15.4 Å². The van der Waals surface area contributed by atoms with Crippen molar-refractivity contribution in [3.63, 3.8) is 0 Å². The second kappa shape index (κ2) is 5.28. The molecule has 0 aliphatic carbocycles. The van der Waals surface area contributed by atoms with E-state index >= 15 is 0 Å². The van der Waals surface area contributed by atoms with E-state index in [0.29, 0.717) is 6.42 Å². The van der Waals surface area contributed by atoms with Crippen molar-refractivity contribution in [2.45, 2.75) is 45.6 Å².